The van der Waals surface area contributed by atoms with Gasteiger partial charge in [-0.1, -0.05) is 41.4 Å². The summed E-state index contributed by atoms with van der Waals surface area (Å²) in [6.45, 7) is 0. The Balaban J connectivity index is 1.86. The van der Waals surface area contributed by atoms with Crippen molar-refractivity contribution in [2.45, 2.75) is 18.4 Å². The second kappa shape index (κ2) is 4.80. The van der Waals surface area contributed by atoms with Crippen molar-refractivity contribution in [1.82, 2.24) is 0 Å². The van der Waals surface area contributed by atoms with Gasteiger partial charge >= 0.3 is 0 Å². The fraction of sp³-hybridized carbons (Fsp3) is 0.250. The third kappa shape index (κ3) is 1.90. The Kier molecular flexibility index (Phi) is 3.06. The number of allylic oxidation sites excluding steroid dienone is 2. The molecule has 1 nitrogen and oxygen atoms in total. The Labute approximate surface area is 132 Å². The van der Waals surface area contributed by atoms with Gasteiger partial charge in [-0.3, -0.25) is 0 Å². The molecule has 0 bridgehead atoms. The first-order valence-electron chi connectivity index (χ1n) is 6.69. The fourth-order valence-electron chi connectivity index (χ4n) is 3.39. The lowest BCUT2D eigenvalue weighted by atomic mass is 9.79. The number of rotatable bonds is 1. The van der Waals surface area contributed by atoms with E-state index in [9.17, 15) is 0 Å². The largest absolute Gasteiger partial charge is 0.377 e. The first-order chi connectivity index (χ1) is 9.74. The van der Waals surface area contributed by atoms with Crippen LogP contribution in [-0.2, 0) is 0 Å². The summed E-state index contributed by atoms with van der Waals surface area (Å²) < 4.78 is 0. The lowest BCUT2D eigenvalue weighted by Gasteiger charge is -2.37. The van der Waals surface area contributed by atoms with Crippen LogP contribution in [0.1, 0.15) is 28.8 Å². The number of nitrogens with one attached hydrogen (secondary N) is 1. The number of fused-ring (bicyclic) bond motifs is 3. The first kappa shape index (κ1) is 12.8. The van der Waals surface area contributed by atoms with Crippen LogP contribution in [0.3, 0.4) is 0 Å². The Morgan fingerprint density at radius 2 is 2.15 bits per heavy atom. The lowest BCUT2D eigenvalue weighted by Crippen LogP contribution is -2.28. The van der Waals surface area contributed by atoms with Crippen LogP contribution >= 0.6 is 34.5 Å². The molecule has 20 heavy (non-hydrogen) atoms. The van der Waals surface area contributed by atoms with Gasteiger partial charge in [-0.25, -0.2) is 0 Å². The van der Waals surface area contributed by atoms with Gasteiger partial charge in [0.1, 0.15) is 0 Å². The molecule has 1 N–H and O–H groups in total. The molecule has 0 fully saturated rings. The molecular weight excluding hydrogens is 309 g/mol. The monoisotopic (exact) mass is 321 g/mol. The van der Waals surface area contributed by atoms with Gasteiger partial charge in [-0.15, -0.1) is 11.3 Å². The maximum Gasteiger partial charge on any atom is 0.0646 e. The van der Waals surface area contributed by atoms with Crippen LogP contribution in [0.15, 0.2) is 41.8 Å². The fourth-order valence-corrected chi connectivity index (χ4v) is 4.86. The van der Waals surface area contributed by atoms with Crippen LogP contribution in [0.5, 0.6) is 0 Å². The van der Waals surface area contributed by atoms with Gasteiger partial charge in [0.05, 0.1) is 6.04 Å². The van der Waals surface area contributed by atoms with E-state index in [1.807, 2.05) is 12.1 Å². The minimum absolute atomic E-state index is 0.344. The molecule has 0 spiro atoms. The van der Waals surface area contributed by atoms with Gasteiger partial charge in [-0.05, 0) is 35.9 Å². The number of hydrogen-bond donors (Lipinski definition) is 1. The van der Waals surface area contributed by atoms with E-state index in [1.54, 1.807) is 11.3 Å². The van der Waals surface area contributed by atoms with Gasteiger partial charge in [0.15, 0.2) is 0 Å². The van der Waals surface area contributed by atoms with Crippen molar-refractivity contribution in [3.8, 4) is 0 Å². The molecule has 2 aromatic rings. The quantitative estimate of drug-likeness (QED) is 0.646. The zero-order valence-electron chi connectivity index (χ0n) is 10.6. The molecule has 4 heteroatoms. The average Bonchev–Trinajstić information content (AvgIpc) is 3.08. The number of benzene rings is 1. The highest BCUT2D eigenvalue weighted by Crippen LogP contribution is 2.52. The van der Waals surface area contributed by atoms with E-state index in [0.717, 1.165) is 17.1 Å². The maximum atomic E-state index is 6.43. The number of hydrogen-bond acceptors (Lipinski definition) is 2. The highest BCUT2D eigenvalue weighted by atomic mass is 35.5. The lowest BCUT2D eigenvalue weighted by molar-refractivity contribution is 0.430. The van der Waals surface area contributed by atoms with E-state index < -0.39 is 0 Å². The molecule has 1 aliphatic carbocycles. The molecular formula is C16H13Cl2NS. The summed E-state index contributed by atoms with van der Waals surface area (Å²) in [6.07, 6.45) is 5.67. The van der Waals surface area contributed by atoms with Gasteiger partial charge in [0.2, 0.25) is 0 Å². The molecule has 0 saturated carbocycles. The van der Waals surface area contributed by atoms with E-state index in [2.05, 4.69) is 35.0 Å². The molecule has 0 saturated heterocycles. The molecule has 1 aliphatic heterocycles. The van der Waals surface area contributed by atoms with Crippen molar-refractivity contribution < 1.29 is 0 Å². The summed E-state index contributed by atoms with van der Waals surface area (Å²) in [6, 6.07) is 8.50. The van der Waals surface area contributed by atoms with Crippen LogP contribution in [0.2, 0.25) is 10.0 Å². The van der Waals surface area contributed by atoms with Gasteiger partial charge in [0.25, 0.3) is 0 Å². The highest BCUT2D eigenvalue weighted by Gasteiger charge is 2.39. The second-order valence-corrected chi connectivity index (χ2v) is 7.16. The molecule has 2 heterocycles. The van der Waals surface area contributed by atoms with Crippen LogP contribution < -0.4 is 5.32 Å². The molecule has 0 radical (unpaired) electrons. The Morgan fingerprint density at radius 1 is 1.25 bits per heavy atom. The van der Waals surface area contributed by atoms with E-state index in [4.69, 9.17) is 23.2 Å². The molecule has 4 rings (SSSR count). The SMILES string of the molecule is Clc1cc(Cl)c2c(c1)NC(c1cccs1)C1CC=CC21. The van der Waals surface area contributed by atoms with Crippen LogP contribution in [0.4, 0.5) is 5.69 Å². The standard InChI is InChI=1S/C16H13Cl2NS/c17-9-7-12(18)15-10-3-1-4-11(10)16(19-13(15)8-9)14-5-2-6-20-14/h1-3,5-8,10-11,16,19H,4H2. The third-order valence-electron chi connectivity index (χ3n) is 4.23. The molecule has 1 aromatic carbocycles. The first-order valence-corrected chi connectivity index (χ1v) is 8.33. The van der Waals surface area contributed by atoms with E-state index in [1.165, 1.54) is 10.4 Å². The number of anilines is 1. The molecule has 102 valence electrons. The van der Waals surface area contributed by atoms with Crippen molar-refractivity contribution >= 4 is 40.2 Å². The Bertz CT molecular complexity index is 678. The van der Waals surface area contributed by atoms with Crippen LogP contribution in [-0.4, -0.2) is 0 Å². The van der Waals surface area contributed by atoms with Crippen molar-refractivity contribution in [3.63, 3.8) is 0 Å². The summed E-state index contributed by atoms with van der Waals surface area (Å²) in [4.78, 5) is 1.38. The average molecular weight is 322 g/mol. The van der Waals surface area contributed by atoms with Gasteiger partial charge < -0.3 is 5.32 Å². The second-order valence-electron chi connectivity index (χ2n) is 5.34. The Hall–Kier alpha value is -0.960. The van der Waals surface area contributed by atoms with Gasteiger partial charge in [-0.2, -0.15) is 0 Å². The highest BCUT2D eigenvalue weighted by molar-refractivity contribution is 7.10. The van der Waals surface area contributed by atoms with Crippen LogP contribution in [0, 0.1) is 5.92 Å². The number of thiophene rings is 1. The molecule has 2 aliphatic rings. The summed E-state index contributed by atoms with van der Waals surface area (Å²) in [7, 11) is 0. The van der Waals surface area contributed by atoms with E-state index >= 15 is 0 Å². The van der Waals surface area contributed by atoms with Crippen molar-refractivity contribution in [2.24, 2.45) is 5.92 Å². The molecule has 3 atom stereocenters. The predicted molar refractivity (Wildman–Crippen MR) is 87.1 cm³/mol. The predicted octanol–water partition coefficient (Wildman–Crippen LogP) is 5.88. The van der Waals surface area contributed by atoms with Crippen molar-refractivity contribution in [1.29, 1.82) is 0 Å². The van der Waals surface area contributed by atoms with E-state index in [0.29, 0.717) is 22.9 Å². The Morgan fingerprint density at radius 3 is 2.95 bits per heavy atom. The molecule has 3 unspecified atom stereocenters. The van der Waals surface area contributed by atoms with Gasteiger partial charge in [0, 0.05) is 32.1 Å². The van der Waals surface area contributed by atoms with E-state index in [-0.39, 0.29) is 0 Å². The number of halogens is 2. The zero-order valence-corrected chi connectivity index (χ0v) is 13.0. The zero-order chi connectivity index (χ0) is 13.7. The third-order valence-corrected chi connectivity index (χ3v) is 5.72. The minimum atomic E-state index is 0.344. The minimum Gasteiger partial charge on any atom is -0.377 e. The van der Waals surface area contributed by atoms with Crippen molar-refractivity contribution in [2.75, 3.05) is 5.32 Å². The molecule has 1 aromatic heterocycles. The summed E-state index contributed by atoms with van der Waals surface area (Å²) in [5.41, 5.74) is 2.27. The molecule has 0 amide bonds. The normalized spacial score (nSPS) is 27.0. The van der Waals surface area contributed by atoms with Crippen LogP contribution in [0.25, 0.3) is 0 Å². The smallest absolute Gasteiger partial charge is 0.0646 e. The van der Waals surface area contributed by atoms with Crippen molar-refractivity contribution in [3.05, 3.63) is 62.3 Å². The summed E-state index contributed by atoms with van der Waals surface area (Å²) in [5.74, 6) is 0.933. The topological polar surface area (TPSA) is 12.0 Å². The summed E-state index contributed by atoms with van der Waals surface area (Å²) >= 11 is 14.4. The summed E-state index contributed by atoms with van der Waals surface area (Å²) in [5, 5.41) is 7.24. The maximum absolute atomic E-state index is 6.43.